The normalized spacial score (nSPS) is 18.7. The van der Waals surface area contributed by atoms with Crippen molar-refractivity contribution >= 4 is 11.6 Å². The fourth-order valence-electron chi connectivity index (χ4n) is 2.70. The molecule has 0 bridgehead atoms. The Bertz CT molecular complexity index is 381. The van der Waals surface area contributed by atoms with Crippen molar-refractivity contribution in [3.63, 3.8) is 0 Å². The van der Waals surface area contributed by atoms with Gasteiger partial charge in [0.1, 0.15) is 11.6 Å². The Morgan fingerprint density at radius 3 is 2.29 bits per heavy atom. The minimum Gasteiger partial charge on any atom is -0.382 e. The van der Waals surface area contributed by atoms with Crippen LogP contribution in [0.15, 0.2) is 0 Å². The van der Waals surface area contributed by atoms with Crippen molar-refractivity contribution < 1.29 is 0 Å². The van der Waals surface area contributed by atoms with Crippen LogP contribution in [0.2, 0.25) is 0 Å². The molecule has 0 atom stereocenters. The monoisotopic (exact) mass is 236 g/mol. The number of aromatic amines is 1. The van der Waals surface area contributed by atoms with Gasteiger partial charge in [-0.25, -0.2) is 4.98 Å². The van der Waals surface area contributed by atoms with Crippen molar-refractivity contribution in [2.45, 2.75) is 40.5 Å². The Balaban J connectivity index is 2.02. The summed E-state index contributed by atoms with van der Waals surface area (Å²) in [4.78, 5) is 9.84. The number of aromatic nitrogens is 2. The third-order valence-electron chi connectivity index (χ3n) is 3.85. The summed E-state index contributed by atoms with van der Waals surface area (Å²) in [5.74, 6) is 3.35. The van der Waals surface area contributed by atoms with Crippen LogP contribution in [0.25, 0.3) is 0 Å². The number of anilines is 2. The molecule has 2 heterocycles. The molecule has 1 saturated heterocycles. The zero-order valence-electron chi connectivity index (χ0n) is 11.4. The lowest BCUT2D eigenvalue weighted by Crippen LogP contribution is -2.38. The fourth-order valence-corrected chi connectivity index (χ4v) is 2.70. The van der Waals surface area contributed by atoms with Gasteiger partial charge in [0.25, 0.3) is 0 Å². The van der Waals surface area contributed by atoms with Crippen molar-refractivity contribution in [3.8, 4) is 0 Å². The number of nitrogens with two attached hydrogens (primary N) is 1. The maximum absolute atomic E-state index is 5.93. The van der Waals surface area contributed by atoms with Gasteiger partial charge in [0.2, 0.25) is 0 Å². The van der Waals surface area contributed by atoms with Gasteiger partial charge in [-0.3, -0.25) is 0 Å². The van der Waals surface area contributed by atoms with Gasteiger partial charge >= 0.3 is 0 Å². The molecule has 1 aromatic rings. The van der Waals surface area contributed by atoms with E-state index in [-0.39, 0.29) is 0 Å². The van der Waals surface area contributed by atoms with E-state index in [0.29, 0.717) is 11.2 Å². The molecule has 0 aliphatic carbocycles. The first-order valence-corrected chi connectivity index (χ1v) is 6.45. The van der Waals surface area contributed by atoms with Crippen LogP contribution < -0.4 is 10.6 Å². The van der Waals surface area contributed by atoms with Crippen molar-refractivity contribution in [1.82, 2.24) is 9.97 Å². The maximum Gasteiger partial charge on any atom is 0.171 e. The number of rotatable bonds is 1. The number of H-pyrrole nitrogens is 1. The molecular weight excluding hydrogens is 212 g/mol. The quantitative estimate of drug-likeness (QED) is 0.788. The highest BCUT2D eigenvalue weighted by atomic mass is 15.2. The standard InChI is InChI=1S/C13H24N4/c1-9-15-11(14)12(16-9)17-7-5-10(6-8-17)13(2,3)4/h10H,5-8,14H2,1-4H3,(H,15,16). The second-order valence-corrected chi connectivity index (χ2v) is 6.19. The number of nitrogens with one attached hydrogen (secondary N) is 1. The first-order valence-electron chi connectivity index (χ1n) is 6.45. The summed E-state index contributed by atoms with van der Waals surface area (Å²) >= 11 is 0. The molecule has 0 spiro atoms. The minimum atomic E-state index is 0.416. The van der Waals surface area contributed by atoms with Gasteiger partial charge in [0.15, 0.2) is 5.82 Å². The smallest absolute Gasteiger partial charge is 0.171 e. The van der Waals surface area contributed by atoms with Crippen molar-refractivity contribution in [2.24, 2.45) is 11.3 Å². The number of nitrogens with zero attached hydrogens (tertiary/aromatic N) is 2. The Kier molecular flexibility index (Phi) is 3.06. The third kappa shape index (κ3) is 2.56. The molecule has 2 rings (SSSR count). The SMILES string of the molecule is Cc1nc(N2CCC(C(C)(C)C)CC2)c(N)[nH]1. The lowest BCUT2D eigenvalue weighted by atomic mass is 9.75. The molecule has 1 aliphatic rings. The highest BCUT2D eigenvalue weighted by molar-refractivity contribution is 5.59. The number of piperidine rings is 1. The van der Waals surface area contributed by atoms with Crippen LogP contribution in [0.5, 0.6) is 0 Å². The van der Waals surface area contributed by atoms with Crippen LogP contribution in [-0.4, -0.2) is 23.1 Å². The Labute approximate surface area is 104 Å². The van der Waals surface area contributed by atoms with E-state index in [1.807, 2.05) is 6.92 Å². The molecule has 1 aromatic heterocycles. The minimum absolute atomic E-state index is 0.416. The van der Waals surface area contributed by atoms with Gasteiger partial charge < -0.3 is 15.6 Å². The summed E-state index contributed by atoms with van der Waals surface area (Å²) in [5.41, 5.74) is 6.35. The molecule has 3 N–H and O–H groups in total. The lowest BCUT2D eigenvalue weighted by molar-refractivity contribution is 0.199. The summed E-state index contributed by atoms with van der Waals surface area (Å²) in [6.07, 6.45) is 2.46. The predicted octanol–water partition coefficient (Wildman–Crippen LogP) is 2.56. The van der Waals surface area contributed by atoms with Gasteiger partial charge in [-0.1, -0.05) is 20.8 Å². The summed E-state index contributed by atoms with van der Waals surface area (Å²) < 4.78 is 0. The van der Waals surface area contributed by atoms with Crippen LogP contribution in [0.4, 0.5) is 11.6 Å². The Morgan fingerprint density at radius 2 is 1.88 bits per heavy atom. The molecule has 0 aromatic carbocycles. The number of hydrogen-bond donors (Lipinski definition) is 2. The second-order valence-electron chi connectivity index (χ2n) is 6.19. The molecule has 1 fully saturated rings. The van der Waals surface area contributed by atoms with E-state index >= 15 is 0 Å². The largest absolute Gasteiger partial charge is 0.382 e. The first kappa shape index (κ1) is 12.3. The molecule has 0 saturated carbocycles. The first-order chi connectivity index (χ1) is 7.88. The number of hydrogen-bond acceptors (Lipinski definition) is 3. The van der Waals surface area contributed by atoms with Crippen LogP contribution >= 0.6 is 0 Å². The number of nitrogen functional groups attached to an aromatic ring is 1. The average molecular weight is 236 g/mol. The van der Waals surface area contributed by atoms with Gasteiger partial charge in [-0.15, -0.1) is 0 Å². The van der Waals surface area contributed by atoms with Gasteiger partial charge in [0, 0.05) is 13.1 Å². The molecule has 96 valence electrons. The second kappa shape index (κ2) is 4.24. The fraction of sp³-hybridized carbons (Fsp3) is 0.769. The van der Waals surface area contributed by atoms with E-state index in [9.17, 15) is 0 Å². The number of imidazole rings is 1. The molecule has 0 radical (unpaired) electrons. The Hall–Kier alpha value is -1.19. The summed E-state index contributed by atoms with van der Waals surface area (Å²) in [6.45, 7) is 11.1. The van der Waals surface area contributed by atoms with Gasteiger partial charge in [-0.05, 0) is 31.1 Å². The molecule has 1 aliphatic heterocycles. The van der Waals surface area contributed by atoms with E-state index in [2.05, 4.69) is 35.6 Å². The van der Waals surface area contributed by atoms with Gasteiger partial charge in [0.05, 0.1) is 0 Å². The summed E-state index contributed by atoms with van der Waals surface area (Å²) in [5, 5.41) is 0. The van der Waals surface area contributed by atoms with Crippen molar-refractivity contribution in [3.05, 3.63) is 5.82 Å². The zero-order chi connectivity index (χ0) is 12.6. The van der Waals surface area contributed by atoms with Crippen molar-refractivity contribution in [1.29, 1.82) is 0 Å². The number of aryl methyl sites for hydroxylation is 1. The third-order valence-corrected chi connectivity index (χ3v) is 3.85. The summed E-state index contributed by atoms with van der Waals surface area (Å²) in [7, 11) is 0. The maximum atomic E-state index is 5.93. The van der Waals surface area contributed by atoms with Crippen LogP contribution in [0.1, 0.15) is 39.4 Å². The highest BCUT2D eigenvalue weighted by Crippen LogP contribution is 2.36. The lowest BCUT2D eigenvalue weighted by Gasteiger charge is -2.39. The molecule has 4 nitrogen and oxygen atoms in total. The topological polar surface area (TPSA) is 57.9 Å². The van der Waals surface area contributed by atoms with E-state index in [1.165, 1.54) is 12.8 Å². The average Bonchev–Trinajstić information content (AvgIpc) is 2.57. The van der Waals surface area contributed by atoms with E-state index in [4.69, 9.17) is 5.73 Å². The van der Waals surface area contributed by atoms with Crippen LogP contribution in [-0.2, 0) is 0 Å². The Morgan fingerprint density at radius 1 is 1.29 bits per heavy atom. The molecule has 17 heavy (non-hydrogen) atoms. The molecular formula is C13H24N4. The van der Waals surface area contributed by atoms with Crippen molar-refractivity contribution in [2.75, 3.05) is 23.7 Å². The van der Waals surface area contributed by atoms with E-state index in [0.717, 1.165) is 30.6 Å². The molecule has 0 unspecified atom stereocenters. The molecule has 0 amide bonds. The van der Waals surface area contributed by atoms with E-state index < -0.39 is 0 Å². The van der Waals surface area contributed by atoms with E-state index in [1.54, 1.807) is 0 Å². The zero-order valence-corrected chi connectivity index (χ0v) is 11.4. The van der Waals surface area contributed by atoms with Gasteiger partial charge in [-0.2, -0.15) is 0 Å². The highest BCUT2D eigenvalue weighted by Gasteiger charge is 2.29. The summed E-state index contributed by atoms with van der Waals surface area (Å²) in [6, 6.07) is 0. The van der Waals surface area contributed by atoms with Crippen LogP contribution in [0, 0.1) is 18.3 Å². The van der Waals surface area contributed by atoms with Crippen LogP contribution in [0.3, 0.4) is 0 Å². The molecule has 4 heteroatoms. The predicted molar refractivity (Wildman–Crippen MR) is 72.1 cm³/mol.